The first-order valence-corrected chi connectivity index (χ1v) is 10.1. The fourth-order valence-electron chi connectivity index (χ4n) is 3.27. The zero-order chi connectivity index (χ0) is 21.8. The number of benzene rings is 2. The van der Waals surface area contributed by atoms with Gasteiger partial charge in [0.15, 0.2) is 0 Å². The van der Waals surface area contributed by atoms with Crippen LogP contribution >= 0.6 is 11.6 Å². The highest BCUT2D eigenvalue weighted by Gasteiger charge is 2.17. The molecule has 0 aliphatic heterocycles. The van der Waals surface area contributed by atoms with Crippen LogP contribution in [0.2, 0.25) is 5.02 Å². The third-order valence-electron chi connectivity index (χ3n) is 4.96. The minimum absolute atomic E-state index is 0.0360. The highest BCUT2D eigenvalue weighted by atomic mass is 35.5. The molecule has 0 fully saturated rings. The average molecular weight is 425 g/mol. The Bertz CT molecular complexity index is 1070. The topological polar surface area (TPSA) is 67.2 Å². The first kappa shape index (κ1) is 21.6. The van der Waals surface area contributed by atoms with Crippen molar-refractivity contribution in [2.24, 2.45) is 0 Å². The van der Waals surface area contributed by atoms with Crippen LogP contribution in [0.4, 0.5) is 5.69 Å². The molecule has 0 unspecified atom stereocenters. The summed E-state index contributed by atoms with van der Waals surface area (Å²) in [5, 5.41) is 7.94. The summed E-state index contributed by atoms with van der Waals surface area (Å²) in [5.41, 5.74) is 4.74. The number of amides is 2. The molecule has 2 amide bonds. The molecule has 1 aromatic heterocycles. The van der Waals surface area contributed by atoms with Gasteiger partial charge >= 0.3 is 0 Å². The van der Waals surface area contributed by atoms with Crippen LogP contribution < -0.4 is 5.32 Å². The monoisotopic (exact) mass is 424 g/mol. The smallest absolute Gasteiger partial charge is 0.254 e. The Hall–Kier alpha value is -3.12. The zero-order valence-corrected chi connectivity index (χ0v) is 18.3. The number of nitrogens with one attached hydrogen (secondary N) is 1. The summed E-state index contributed by atoms with van der Waals surface area (Å²) >= 11 is 6.21. The molecule has 0 spiro atoms. The Kier molecular flexibility index (Phi) is 6.57. The Balaban J connectivity index is 1.67. The van der Waals surface area contributed by atoms with Gasteiger partial charge in [-0.25, -0.2) is 4.68 Å². The lowest BCUT2D eigenvalue weighted by atomic mass is 10.1. The Labute approximate surface area is 181 Å². The predicted octanol–water partition coefficient (Wildman–Crippen LogP) is 4.42. The number of nitrogens with zero attached hydrogens (tertiary/aromatic N) is 3. The minimum atomic E-state index is -0.236. The lowest BCUT2D eigenvalue weighted by molar-refractivity contribution is -0.116. The van der Waals surface area contributed by atoms with Gasteiger partial charge in [-0.05, 0) is 56.2 Å². The number of halogens is 1. The van der Waals surface area contributed by atoms with E-state index in [1.807, 2.05) is 57.2 Å². The van der Waals surface area contributed by atoms with E-state index in [2.05, 4.69) is 10.4 Å². The van der Waals surface area contributed by atoms with Gasteiger partial charge in [0.2, 0.25) is 5.91 Å². The van der Waals surface area contributed by atoms with Gasteiger partial charge in [0.25, 0.3) is 5.91 Å². The number of likely N-dealkylation sites (N-methyl/N-ethyl adjacent to an activating group) is 1. The van der Waals surface area contributed by atoms with Crippen LogP contribution in [0.25, 0.3) is 5.69 Å². The predicted molar refractivity (Wildman–Crippen MR) is 119 cm³/mol. The van der Waals surface area contributed by atoms with Gasteiger partial charge in [-0.1, -0.05) is 36.7 Å². The molecule has 7 heteroatoms. The van der Waals surface area contributed by atoms with E-state index in [0.29, 0.717) is 10.6 Å². The third kappa shape index (κ3) is 4.54. The van der Waals surface area contributed by atoms with E-state index in [1.54, 1.807) is 23.9 Å². The minimum Gasteiger partial charge on any atom is -0.332 e. The van der Waals surface area contributed by atoms with Crippen LogP contribution in [0.15, 0.2) is 48.5 Å². The maximum Gasteiger partial charge on any atom is 0.254 e. The van der Waals surface area contributed by atoms with E-state index in [0.717, 1.165) is 34.7 Å². The highest BCUT2D eigenvalue weighted by molar-refractivity contribution is 6.31. The summed E-state index contributed by atoms with van der Waals surface area (Å²) < 4.78 is 1.74. The summed E-state index contributed by atoms with van der Waals surface area (Å²) in [5.74, 6) is -0.465. The molecule has 0 radical (unpaired) electrons. The molecule has 3 rings (SSSR count). The van der Waals surface area contributed by atoms with Crippen LogP contribution in [-0.4, -0.2) is 40.1 Å². The number of aryl methyl sites for hydroxylation is 2. The second kappa shape index (κ2) is 9.13. The number of rotatable bonds is 6. The lowest BCUT2D eigenvalue weighted by Crippen LogP contribution is -2.35. The molecule has 1 N–H and O–H groups in total. The van der Waals surface area contributed by atoms with E-state index in [-0.39, 0.29) is 18.4 Å². The van der Waals surface area contributed by atoms with Crippen molar-refractivity contribution in [1.82, 2.24) is 14.7 Å². The molecule has 1 heterocycles. The first-order valence-electron chi connectivity index (χ1n) is 9.77. The van der Waals surface area contributed by atoms with E-state index in [9.17, 15) is 9.59 Å². The van der Waals surface area contributed by atoms with Crippen molar-refractivity contribution < 1.29 is 9.59 Å². The van der Waals surface area contributed by atoms with Gasteiger partial charge < -0.3 is 10.2 Å². The largest absolute Gasteiger partial charge is 0.332 e. The van der Waals surface area contributed by atoms with Gasteiger partial charge in [0, 0.05) is 18.3 Å². The average Bonchev–Trinajstić information content (AvgIpc) is 3.01. The molecular weight excluding hydrogens is 400 g/mol. The van der Waals surface area contributed by atoms with Crippen LogP contribution in [0.1, 0.15) is 34.2 Å². The molecule has 2 aromatic carbocycles. The van der Waals surface area contributed by atoms with Gasteiger partial charge in [0.1, 0.15) is 0 Å². The number of hydrogen-bond acceptors (Lipinski definition) is 3. The molecule has 30 heavy (non-hydrogen) atoms. The fourth-order valence-corrected chi connectivity index (χ4v) is 3.39. The van der Waals surface area contributed by atoms with E-state index < -0.39 is 0 Å². The van der Waals surface area contributed by atoms with E-state index in [4.69, 9.17) is 11.6 Å². The van der Waals surface area contributed by atoms with Gasteiger partial charge in [-0.15, -0.1) is 0 Å². The molecule has 0 bridgehead atoms. The number of hydrogen-bond donors (Lipinski definition) is 1. The van der Waals surface area contributed by atoms with Gasteiger partial charge in [-0.3, -0.25) is 9.59 Å². The molecule has 0 atom stereocenters. The van der Waals surface area contributed by atoms with Crippen molar-refractivity contribution in [3.63, 3.8) is 0 Å². The van der Waals surface area contributed by atoms with Crippen molar-refractivity contribution in [1.29, 1.82) is 0 Å². The quantitative estimate of drug-likeness (QED) is 0.637. The summed E-state index contributed by atoms with van der Waals surface area (Å²) in [4.78, 5) is 26.5. The normalized spacial score (nSPS) is 10.7. The second-order valence-corrected chi connectivity index (χ2v) is 7.54. The molecule has 0 aliphatic rings. The van der Waals surface area contributed by atoms with Crippen molar-refractivity contribution in [2.75, 3.05) is 18.9 Å². The summed E-state index contributed by atoms with van der Waals surface area (Å²) in [6.45, 7) is 5.74. The maximum atomic E-state index is 12.7. The van der Waals surface area contributed by atoms with Gasteiger partial charge in [0.05, 0.1) is 28.6 Å². The van der Waals surface area contributed by atoms with Crippen LogP contribution in [0.3, 0.4) is 0 Å². The Morgan fingerprint density at radius 2 is 1.77 bits per heavy atom. The van der Waals surface area contributed by atoms with E-state index in [1.165, 1.54) is 4.90 Å². The summed E-state index contributed by atoms with van der Waals surface area (Å²) in [7, 11) is 1.61. The third-order valence-corrected chi connectivity index (χ3v) is 5.51. The molecule has 156 valence electrons. The molecule has 6 nitrogen and oxygen atoms in total. The zero-order valence-electron chi connectivity index (χ0n) is 17.6. The van der Waals surface area contributed by atoms with Crippen molar-refractivity contribution in [3.05, 3.63) is 76.1 Å². The second-order valence-electron chi connectivity index (χ2n) is 7.16. The standard InChI is InChI=1S/C23H25ClN4O2/c1-5-17-8-6-7-9-20(17)25-21(29)14-27(4)23(30)18-10-12-19(13-11-18)28-16(3)22(24)15(2)26-28/h6-13H,5,14H2,1-4H3,(H,25,29). The van der Waals surface area contributed by atoms with Gasteiger partial charge in [-0.2, -0.15) is 5.10 Å². The first-order chi connectivity index (χ1) is 14.3. The summed E-state index contributed by atoms with van der Waals surface area (Å²) in [6, 6.07) is 14.7. The maximum absolute atomic E-state index is 12.7. The fraction of sp³-hybridized carbons (Fsp3) is 0.261. The molecule has 0 aliphatic carbocycles. The molecule has 0 saturated heterocycles. The van der Waals surface area contributed by atoms with Crippen molar-refractivity contribution >= 4 is 29.1 Å². The highest BCUT2D eigenvalue weighted by Crippen LogP contribution is 2.22. The van der Waals surface area contributed by atoms with Crippen molar-refractivity contribution in [3.8, 4) is 5.69 Å². The Morgan fingerprint density at radius 1 is 1.10 bits per heavy atom. The molecule has 0 saturated carbocycles. The summed E-state index contributed by atoms with van der Waals surface area (Å²) in [6.07, 6.45) is 0.817. The number of carbonyl (C=O) groups is 2. The number of aromatic nitrogens is 2. The van der Waals surface area contributed by atoms with Crippen LogP contribution in [-0.2, 0) is 11.2 Å². The van der Waals surface area contributed by atoms with Crippen LogP contribution in [0, 0.1) is 13.8 Å². The van der Waals surface area contributed by atoms with Crippen LogP contribution in [0.5, 0.6) is 0 Å². The number of carbonyl (C=O) groups excluding carboxylic acids is 2. The SMILES string of the molecule is CCc1ccccc1NC(=O)CN(C)C(=O)c1ccc(-n2nc(C)c(Cl)c2C)cc1. The molecular formula is C23H25ClN4O2. The number of anilines is 1. The van der Waals surface area contributed by atoms with E-state index >= 15 is 0 Å². The molecule has 3 aromatic rings. The Morgan fingerprint density at radius 3 is 2.37 bits per heavy atom. The number of para-hydroxylation sites is 1. The lowest BCUT2D eigenvalue weighted by Gasteiger charge is -2.18. The van der Waals surface area contributed by atoms with Crippen molar-refractivity contribution in [2.45, 2.75) is 27.2 Å².